The van der Waals surface area contributed by atoms with Crippen LogP contribution in [0.4, 0.5) is 0 Å². The lowest BCUT2D eigenvalue weighted by molar-refractivity contribution is -0.117. The van der Waals surface area contributed by atoms with Gasteiger partial charge in [-0.25, -0.2) is 0 Å². The molecule has 0 saturated heterocycles. The molecule has 2 aromatic rings. The highest BCUT2D eigenvalue weighted by Gasteiger charge is 1.99. The maximum absolute atomic E-state index is 10.9. The highest BCUT2D eigenvalue weighted by molar-refractivity contribution is 5.75. The minimum absolute atomic E-state index is 0.319. The molecule has 2 rings (SSSR count). The smallest absolute Gasteiger partial charge is 0.129 e. The molecule has 2 heteroatoms. The maximum atomic E-state index is 10.9. The third kappa shape index (κ3) is 8.33. The van der Waals surface area contributed by atoms with Crippen molar-refractivity contribution in [1.29, 1.82) is 0 Å². The molecule has 0 aliphatic rings. The van der Waals surface area contributed by atoms with E-state index in [1.807, 2.05) is 6.07 Å². The van der Waals surface area contributed by atoms with E-state index in [4.69, 9.17) is 4.74 Å². The van der Waals surface area contributed by atoms with Crippen LogP contribution in [-0.4, -0.2) is 12.4 Å². The van der Waals surface area contributed by atoms with Gasteiger partial charge in [-0.3, -0.25) is 0 Å². The second-order valence-corrected chi connectivity index (χ2v) is 7.02. The van der Waals surface area contributed by atoms with Crippen LogP contribution in [0.3, 0.4) is 0 Å². The van der Waals surface area contributed by atoms with Gasteiger partial charge in [0.15, 0.2) is 0 Å². The number of benzene rings is 2. The fourth-order valence-corrected chi connectivity index (χ4v) is 3.10. The van der Waals surface area contributed by atoms with Crippen LogP contribution >= 0.6 is 0 Å². The topological polar surface area (TPSA) is 26.3 Å². The number of hydrogen-bond acceptors (Lipinski definition) is 2. The van der Waals surface area contributed by atoms with E-state index in [1.165, 1.54) is 49.7 Å². The van der Waals surface area contributed by atoms with Gasteiger partial charge < -0.3 is 9.53 Å². The van der Waals surface area contributed by atoms with Crippen LogP contribution in [0.2, 0.25) is 0 Å². The largest absolute Gasteiger partial charge is 0.494 e. The van der Waals surface area contributed by atoms with Gasteiger partial charge >= 0.3 is 0 Å². The summed E-state index contributed by atoms with van der Waals surface area (Å²) in [4.78, 5) is 10.9. The summed E-state index contributed by atoms with van der Waals surface area (Å²) in [6.07, 6.45) is 10.5. The summed E-state index contributed by atoms with van der Waals surface area (Å²) < 4.78 is 5.85. The van der Waals surface area contributed by atoms with E-state index >= 15 is 0 Å². The Balaban J connectivity index is 1.49. The molecule has 0 radical (unpaired) electrons. The molecule has 0 aliphatic heterocycles. The molecule has 140 valence electrons. The van der Waals surface area contributed by atoms with Crippen molar-refractivity contribution in [2.75, 3.05) is 6.61 Å². The molecule has 0 spiro atoms. The van der Waals surface area contributed by atoms with Crippen LogP contribution in [-0.2, 0) is 4.79 Å². The predicted molar refractivity (Wildman–Crippen MR) is 110 cm³/mol. The van der Waals surface area contributed by atoms with Crippen molar-refractivity contribution < 1.29 is 9.53 Å². The van der Waals surface area contributed by atoms with Crippen molar-refractivity contribution in [2.24, 2.45) is 0 Å². The molecule has 0 amide bonds. The number of hydrogen-bond donors (Lipinski definition) is 0. The zero-order valence-electron chi connectivity index (χ0n) is 16.1. The summed E-state index contributed by atoms with van der Waals surface area (Å²) in [5.74, 6) is 1.27. The van der Waals surface area contributed by atoms with Crippen molar-refractivity contribution in [3.8, 4) is 16.9 Å². The molecule has 0 fully saturated rings. The van der Waals surface area contributed by atoms with Gasteiger partial charge in [-0.05, 0) is 43.0 Å². The monoisotopic (exact) mass is 352 g/mol. The second kappa shape index (κ2) is 12.3. The molecule has 0 bridgehead atoms. The Hall–Kier alpha value is -2.09. The number of ether oxygens (including phenoxy) is 1. The average Bonchev–Trinajstić information content (AvgIpc) is 2.67. The van der Waals surface area contributed by atoms with Gasteiger partial charge in [0.05, 0.1) is 6.61 Å². The third-order valence-electron chi connectivity index (χ3n) is 4.65. The zero-order valence-corrected chi connectivity index (χ0v) is 16.1. The van der Waals surface area contributed by atoms with Gasteiger partial charge in [-0.2, -0.15) is 0 Å². The molecular weight excluding hydrogens is 320 g/mol. The summed E-state index contributed by atoms with van der Waals surface area (Å²) in [7, 11) is 0. The Kier molecular flexibility index (Phi) is 9.56. The number of carbonyl (C=O) groups excluding carboxylic acids is 1. The minimum Gasteiger partial charge on any atom is -0.494 e. The van der Waals surface area contributed by atoms with Crippen LogP contribution in [0.1, 0.15) is 64.7 Å². The standard InChI is InChI=1S/C24H32O2/c1-21(25)13-9-6-4-2-3-5-7-12-20-26-24-18-16-23(17-19-24)22-14-10-8-11-15-22/h8,10-11,14-19H,2-7,9,12-13,20H2,1H3. The number of ketones is 1. The number of Topliss-reactive ketones (excluding diaryl/α,β-unsaturated/α-hetero) is 1. The van der Waals surface area contributed by atoms with E-state index in [0.717, 1.165) is 31.6 Å². The van der Waals surface area contributed by atoms with Crippen molar-refractivity contribution in [3.63, 3.8) is 0 Å². The van der Waals surface area contributed by atoms with Gasteiger partial charge in [0.1, 0.15) is 11.5 Å². The van der Waals surface area contributed by atoms with Crippen molar-refractivity contribution >= 4 is 5.78 Å². The molecule has 0 heterocycles. The van der Waals surface area contributed by atoms with Crippen LogP contribution in [0.15, 0.2) is 54.6 Å². The van der Waals surface area contributed by atoms with Gasteiger partial charge in [0.25, 0.3) is 0 Å². The Morgan fingerprint density at radius 1 is 0.692 bits per heavy atom. The summed E-state index contributed by atoms with van der Waals surface area (Å²) in [5, 5.41) is 0. The van der Waals surface area contributed by atoms with Crippen molar-refractivity contribution in [2.45, 2.75) is 64.7 Å². The molecule has 2 aromatic carbocycles. The van der Waals surface area contributed by atoms with Crippen LogP contribution < -0.4 is 4.74 Å². The van der Waals surface area contributed by atoms with Gasteiger partial charge in [0, 0.05) is 6.42 Å². The van der Waals surface area contributed by atoms with Gasteiger partial charge in [-0.15, -0.1) is 0 Å². The van der Waals surface area contributed by atoms with Gasteiger partial charge in [-0.1, -0.05) is 81.0 Å². The van der Waals surface area contributed by atoms with E-state index in [1.54, 1.807) is 6.92 Å². The summed E-state index contributed by atoms with van der Waals surface area (Å²) >= 11 is 0. The van der Waals surface area contributed by atoms with Crippen LogP contribution in [0.5, 0.6) is 5.75 Å². The molecule has 0 aromatic heterocycles. The predicted octanol–water partition coefficient (Wildman–Crippen LogP) is 6.83. The molecule has 0 aliphatic carbocycles. The van der Waals surface area contributed by atoms with E-state index in [-0.39, 0.29) is 0 Å². The normalized spacial score (nSPS) is 10.7. The SMILES string of the molecule is CC(=O)CCCCCCCCCCOc1ccc(-c2ccccc2)cc1. The fraction of sp³-hybridized carbons (Fsp3) is 0.458. The zero-order chi connectivity index (χ0) is 18.5. The quantitative estimate of drug-likeness (QED) is 0.369. The van der Waals surface area contributed by atoms with E-state index < -0.39 is 0 Å². The van der Waals surface area contributed by atoms with Crippen LogP contribution in [0, 0.1) is 0 Å². The maximum Gasteiger partial charge on any atom is 0.129 e. The molecule has 2 nitrogen and oxygen atoms in total. The highest BCUT2D eigenvalue weighted by Crippen LogP contribution is 2.22. The molecule has 0 atom stereocenters. The Bertz CT molecular complexity index is 616. The summed E-state index contributed by atoms with van der Waals surface area (Å²) in [6, 6.07) is 18.8. The van der Waals surface area contributed by atoms with E-state index in [9.17, 15) is 4.79 Å². The number of unbranched alkanes of at least 4 members (excludes halogenated alkanes) is 7. The first-order chi connectivity index (χ1) is 12.8. The lowest BCUT2D eigenvalue weighted by Crippen LogP contribution is -1.97. The lowest BCUT2D eigenvalue weighted by Gasteiger charge is -2.07. The highest BCUT2D eigenvalue weighted by atomic mass is 16.5. The molecule has 0 N–H and O–H groups in total. The Morgan fingerprint density at radius 3 is 1.85 bits per heavy atom. The lowest BCUT2D eigenvalue weighted by atomic mass is 10.1. The van der Waals surface area contributed by atoms with E-state index in [2.05, 4.69) is 48.5 Å². The number of carbonyl (C=O) groups is 1. The third-order valence-corrected chi connectivity index (χ3v) is 4.65. The van der Waals surface area contributed by atoms with Crippen LogP contribution in [0.25, 0.3) is 11.1 Å². The summed E-state index contributed by atoms with van der Waals surface area (Å²) in [6.45, 7) is 2.48. The minimum atomic E-state index is 0.319. The molecule has 0 saturated carbocycles. The van der Waals surface area contributed by atoms with E-state index in [0.29, 0.717) is 5.78 Å². The first-order valence-electron chi connectivity index (χ1n) is 10.0. The molecular formula is C24H32O2. The van der Waals surface area contributed by atoms with Crippen molar-refractivity contribution in [3.05, 3.63) is 54.6 Å². The van der Waals surface area contributed by atoms with Gasteiger partial charge in [0.2, 0.25) is 0 Å². The summed E-state index contributed by atoms with van der Waals surface area (Å²) in [5.41, 5.74) is 2.46. The number of rotatable bonds is 13. The first-order valence-corrected chi connectivity index (χ1v) is 10.0. The average molecular weight is 353 g/mol. The first kappa shape index (κ1) is 20.2. The second-order valence-electron chi connectivity index (χ2n) is 7.02. The molecule has 26 heavy (non-hydrogen) atoms. The Morgan fingerprint density at radius 2 is 1.23 bits per heavy atom. The fourth-order valence-electron chi connectivity index (χ4n) is 3.10. The van der Waals surface area contributed by atoms with Crippen molar-refractivity contribution in [1.82, 2.24) is 0 Å². The molecule has 0 unspecified atom stereocenters. The Labute approximate surface area is 158 Å².